The van der Waals surface area contributed by atoms with Crippen LogP contribution in [0.25, 0.3) is 0 Å². The maximum absolute atomic E-state index is 10.3. The lowest BCUT2D eigenvalue weighted by Gasteiger charge is -2.23. The van der Waals surface area contributed by atoms with Crippen LogP contribution in [0.5, 0.6) is 0 Å². The van der Waals surface area contributed by atoms with Crippen molar-refractivity contribution in [2.75, 3.05) is 6.54 Å². The summed E-state index contributed by atoms with van der Waals surface area (Å²) in [5.74, 6) is 1.03. The molecule has 10 heavy (non-hydrogen) atoms. The molecule has 0 radical (unpaired) electrons. The first-order valence-corrected chi connectivity index (χ1v) is 4.02. The van der Waals surface area contributed by atoms with E-state index in [9.17, 15) is 4.79 Å². The number of carbonyl (C=O) groups is 1. The first kappa shape index (κ1) is 7.73. The largest absolute Gasteiger partial charge is 0.330 e. The Labute approximate surface area is 61.8 Å². The first-order valence-electron chi connectivity index (χ1n) is 4.02. The number of hydrogen-bond donors (Lipinski definition) is 1. The van der Waals surface area contributed by atoms with Crippen LogP contribution >= 0.6 is 0 Å². The third kappa shape index (κ3) is 1.81. The van der Waals surface area contributed by atoms with Gasteiger partial charge in [0.25, 0.3) is 0 Å². The molecule has 58 valence electrons. The van der Waals surface area contributed by atoms with Crippen molar-refractivity contribution in [2.24, 2.45) is 17.6 Å². The second-order valence-electron chi connectivity index (χ2n) is 3.15. The summed E-state index contributed by atoms with van der Waals surface area (Å²) in [6.07, 6.45) is 5.52. The SMILES string of the molecule is NC[C@H]1CC[C@H](C=O)CC1. The van der Waals surface area contributed by atoms with Crippen molar-refractivity contribution < 1.29 is 4.79 Å². The molecule has 1 fully saturated rings. The summed E-state index contributed by atoms with van der Waals surface area (Å²) in [5, 5.41) is 0. The number of carbonyl (C=O) groups excluding carboxylic acids is 1. The van der Waals surface area contributed by atoms with Crippen molar-refractivity contribution in [3.05, 3.63) is 0 Å². The van der Waals surface area contributed by atoms with Crippen LogP contribution in [0.15, 0.2) is 0 Å². The Morgan fingerprint density at radius 3 is 2.30 bits per heavy atom. The zero-order valence-electron chi connectivity index (χ0n) is 6.25. The van der Waals surface area contributed by atoms with E-state index in [2.05, 4.69) is 0 Å². The topological polar surface area (TPSA) is 43.1 Å². The van der Waals surface area contributed by atoms with Crippen LogP contribution in [0.3, 0.4) is 0 Å². The van der Waals surface area contributed by atoms with Crippen LogP contribution in [0, 0.1) is 11.8 Å². The molecule has 0 spiro atoms. The van der Waals surface area contributed by atoms with Crippen molar-refractivity contribution in [3.63, 3.8) is 0 Å². The second kappa shape index (κ2) is 3.71. The standard InChI is InChI=1S/C8H15NO/c9-5-7-1-3-8(6-10)4-2-7/h6-8H,1-5,9H2/t7-,8-. The summed E-state index contributed by atoms with van der Waals surface area (Å²) in [6.45, 7) is 0.797. The lowest BCUT2D eigenvalue weighted by atomic mass is 9.83. The van der Waals surface area contributed by atoms with E-state index in [1.807, 2.05) is 0 Å². The Balaban J connectivity index is 2.23. The summed E-state index contributed by atoms with van der Waals surface area (Å²) >= 11 is 0. The third-order valence-electron chi connectivity index (χ3n) is 2.42. The molecular formula is C8H15NO. The minimum absolute atomic E-state index is 0.336. The first-order chi connectivity index (χ1) is 4.86. The highest BCUT2D eigenvalue weighted by molar-refractivity contribution is 5.53. The maximum atomic E-state index is 10.3. The van der Waals surface area contributed by atoms with Gasteiger partial charge in [-0.05, 0) is 38.1 Å². The van der Waals surface area contributed by atoms with Crippen molar-refractivity contribution >= 4 is 6.29 Å². The van der Waals surface area contributed by atoms with Crippen LogP contribution in [0.1, 0.15) is 25.7 Å². The Hall–Kier alpha value is -0.370. The average molecular weight is 141 g/mol. The fraction of sp³-hybridized carbons (Fsp3) is 0.875. The molecule has 0 atom stereocenters. The Morgan fingerprint density at radius 2 is 1.90 bits per heavy atom. The van der Waals surface area contributed by atoms with Gasteiger partial charge in [-0.15, -0.1) is 0 Å². The summed E-state index contributed by atoms with van der Waals surface area (Å²) < 4.78 is 0. The molecule has 0 unspecified atom stereocenters. The monoisotopic (exact) mass is 141 g/mol. The molecule has 1 aliphatic rings. The van der Waals surface area contributed by atoms with Gasteiger partial charge < -0.3 is 10.5 Å². The molecule has 0 amide bonds. The van der Waals surface area contributed by atoms with Gasteiger partial charge in [0.15, 0.2) is 0 Å². The molecule has 0 aliphatic heterocycles. The molecule has 0 heterocycles. The van der Waals surface area contributed by atoms with Crippen molar-refractivity contribution in [1.82, 2.24) is 0 Å². The van der Waals surface area contributed by atoms with Crippen LogP contribution < -0.4 is 5.73 Å². The molecule has 0 saturated heterocycles. The molecule has 1 saturated carbocycles. The minimum Gasteiger partial charge on any atom is -0.330 e. The van der Waals surface area contributed by atoms with E-state index in [1.165, 1.54) is 0 Å². The number of hydrogen-bond acceptors (Lipinski definition) is 2. The summed E-state index contributed by atoms with van der Waals surface area (Å²) in [6, 6.07) is 0. The van der Waals surface area contributed by atoms with Crippen molar-refractivity contribution in [1.29, 1.82) is 0 Å². The van der Waals surface area contributed by atoms with Gasteiger partial charge in [-0.3, -0.25) is 0 Å². The molecule has 1 rings (SSSR count). The van der Waals surface area contributed by atoms with E-state index < -0.39 is 0 Å². The predicted octanol–water partition coefficient (Wildman–Crippen LogP) is 0.950. The van der Waals surface area contributed by atoms with Crippen molar-refractivity contribution in [3.8, 4) is 0 Å². The third-order valence-corrected chi connectivity index (χ3v) is 2.42. The van der Waals surface area contributed by atoms with E-state index in [0.717, 1.165) is 38.5 Å². The maximum Gasteiger partial charge on any atom is 0.123 e. The number of aldehydes is 1. The average Bonchev–Trinajstić information content (AvgIpc) is 2.05. The molecule has 0 bridgehead atoms. The molecule has 0 aromatic carbocycles. The molecule has 2 nitrogen and oxygen atoms in total. The highest BCUT2D eigenvalue weighted by atomic mass is 16.1. The molecule has 2 N–H and O–H groups in total. The van der Waals surface area contributed by atoms with Gasteiger partial charge in [0.05, 0.1) is 0 Å². The predicted molar refractivity (Wildman–Crippen MR) is 40.6 cm³/mol. The van der Waals surface area contributed by atoms with Crippen LogP contribution in [-0.2, 0) is 4.79 Å². The van der Waals surface area contributed by atoms with E-state index in [1.54, 1.807) is 0 Å². The lowest BCUT2D eigenvalue weighted by molar-refractivity contribution is -0.112. The Morgan fingerprint density at radius 1 is 1.30 bits per heavy atom. The fourth-order valence-corrected chi connectivity index (χ4v) is 1.56. The fourth-order valence-electron chi connectivity index (χ4n) is 1.56. The van der Waals surface area contributed by atoms with Gasteiger partial charge in [-0.1, -0.05) is 0 Å². The van der Waals surface area contributed by atoms with Gasteiger partial charge >= 0.3 is 0 Å². The molecule has 0 aromatic rings. The zero-order valence-corrected chi connectivity index (χ0v) is 6.25. The van der Waals surface area contributed by atoms with E-state index >= 15 is 0 Å². The van der Waals surface area contributed by atoms with Gasteiger partial charge in [-0.25, -0.2) is 0 Å². The summed E-state index contributed by atoms with van der Waals surface area (Å²) in [5.41, 5.74) is 5.50. The van der Waals surface area contributed by atoms with E-state index in [4.69, 9.17) is 5.73 Å². The van der Waals surface area contributed by atoms with E-state index in [0.29, 0.717) is 11.8 Å². The lowest BCUT2D eigenvalue weighted by Crippen LogP contribution is -2.21. The molecule has 0 aromatic heterocycles. The van der Waals surface area contributed by atoms with Gasteiger partial charge in [0.1, 0.15) is 6.29 Å². The summed E-state index contributed by atoms with van der Waals surface area (Å²) in [7, 11) is 0. The minimum atomic E-state index is 0.336. The Kier molecular flexibility index (Phi) is 2.87. The van der Waals surface area contributed by atoms with Gasteiger partial charge in [-0.2, -0.15) is 0 Å². The number of nitrogens with two attached hydrogens (primary N) is 1. The quantitative estimate of drug-likeness (QED) is 0.582. The zero-order chi connectivity index (χ0) is 7.40. The Bertz CT molecular complexity index is 106. The molecule has 1 aliphatic carbocycles. The van der Waals surface area contributed by atoms with E-state index in [-0.39, 0.29) is 0 Å². The smallest absolute Gasteiger partial charge is 0.123 e. The van der Waals surface area contributed by atoms with Crippen LogP contribution in [0.4, 0.5) is 0 Å². The second-order valence-corrected chi connectivity index (χ2v) is 3.15. The summed E-state index contributed by atoms with van der Waals surface area (Å²) in [4.78, 5) is 10.3. The van der Waals surface area contributed by atoms with Gasteiger partial charge in [0.2, 0.25) is 0 Å². The van der Waals surface area contributed by atoms with Crippen molar-refractivity contribution in [2.45, 2.75) is 25.7 Å². The molecule has 2 heteroatoms. The number of rotatable bonds is 2. The van der Waals surface area contributed by atoms with Gasteiger partial charge in [0, 0.05) is 5.92 Å². The molecular weight excluding hydrogens is 126 g/mol. The highest BCUT2D eigenvalue weighted by Crippen LogP contribution is 2.26. The highest BCUT2D eigenvalue weighted by Gasteiger charge is 2.18. The normalized spacial score (nSPS) is 33.7. The van der Waals surface area contributed by atoms with Crippen LogP contribution in [0.2, 0.25) is 0 Å². The van der Waals surface area contributed by atoms with Crippen LogP contribution in [-0.4, -0.2) is 12.8 Å².